The number of nitrogens with one attached hydrogen (secondary N) is 1. The molecule has 1 N–H and O–H groups in total. The van der Waals surface area contributed by atoms with Gasteiger partial charge in [-0.2, -0.15) is 0 Å². The quantitative estimate of drug-likeness (QED) is 0.822. The molecule has 19 heavy (non-hydrogen) atoms. The van der Waals surface area contributed by atoms with E-state index in [2.05, 4.69) is 36.3 Å². The lowest BCUT2D eigenvalue weighted by molar-refractivity contribution is -0.00342. The molecule has 1 fully saturated rings. The maximum Gasteiger partial charge on any atom is 0.118 e. The normalized spacial score (nSPS) is 20.1. The molecular weight excluding hydrogens is 240 g/mol. The van der Waals surface area contributed by atoms with E-state index in [9.17, 15) is 0 Å². The minimum atomic E-state index is 0.398. The zero-order valence-electron chi connectivity index (χ0n) is 12.2. The summed E-state index contributed by atoms with van der Waals surface area (Å²) < 4.78 is 11.6. The van der Waals surface area contributed by atoms with Crippen molar-refractivity contribution in [3.63, 3.8) is 0 Å². The van der Waals surface area contributed by atoms with Gasteiger partial charge in [0.2, 0.25) is 0 Å². The fourth-order valence-electron chi connectivity index (χ4n) is 2.48. The highest BCUT2D eigenvalue weighted by atomic mass is 16.5. The van der Waals surface area contributed by atoms with Gasteiger partial charge in [0, 0.05) is 13.2 Å². The average Bonchev–Trinajstić information content (AvgIpc) is 2.85. The van der Waals surface area contributed by atoms with Crippen LogP contribution in [0.15, 0.2) is 16.5 Å². The Balaban J connectivity index is 1.74. The van der Waals surface area contributed by atoms with Crippen LogP contribution in [0.4, 0.5) is 0 Å². The highest BCUT2D eigenvalue weighted by Crippen LogP contribution is 2.15. The van der Waals surface area contributed by atoms with Crippen LogP contribution < -0.4 is 5.32 Å². The Morgan fingerprint density at radius 3 is 2.89 bits per heavy atom. The summed E-state index contributed by atoms with van der Waals surface area (Å²) in [6, 6.07) is 4.13. The minimum Gasteiger partial charge on any atom is -0.463 e. The first-order valence-corrected chi connectivity index (χ1v) is 7.36. The van der Waals surface area contributed by atoms with Crippen molar-refractivity contribution in [1.29, 1.82) is 0 Å². The van der Waals surface area contributed by atoms with Crippen LogP contribution >= 0.6 is 0 Å². The van der Waals surface area contributed by atoms with Gasteiger partial charge in [-0.1, -0.05) is 6.92 Å². The molecule has 4 heteroatoms. The van der Waals surface area contributed by atoms with E-state index in [-0.39, 0.29) is 0 Å². The van der Waals surface area contributed by atoms with Gasteiger partial charge < -0.3 is 14.5 Å². The number of likely N-dealkylation sites (N-methyl/N-ethyl adjacent to an activating group) is 1. The van der Waals surface area contributed by atoms with Gasteiger partial charge in [0.1, 0.15) is 11.5 Å². The SMILES string of the molecule is CCNCc1ccc(CN(C)CC2CCCCO2)o1. The molecule has 1 saturated heterocycles. The monoisotopic (exact) mass is 266 g/mol. The largest absolute Gasteiger partial charge is 0.463 e. The van der Waals surface area contributed by atoms with Gasteiger partial charge in [-0.25, -0.2) is 0 Å². The standard InChI is InChI=1S/C15H26N2O2/c1-3-16-10-13-7-8-15(19-13)12-17(2)11-14-6-4-5-9-18-14/h7-8,14,16H,3-6,9-12H2,1-2H3. The Bertz CT molecular complexity index is 359. The summed E-state index contributed by atoms with van der Waals surface area (Å²) in [5.41, 5.74) is 0. The van der Waals surface area contributed by atoms with Crippen LogP contribution in [-0.2, 0) is 17.8 Å². The number of nitrogens with zero attached hydrogens (tertiary/aromatic N) is 1. The van der Waals surface area contributed by atoms with E-state index in [1.165, 1.54) is 19.3 Å². The summed E-state index contributed by atoms with van der Waals surface area (Å²) in [6.07, 6.45) is 4.10. The van der Waals surface area contributed by atoms with Crippen molar-refractivity contribution in [2.24, 2.45) is 0 Å². The predicted octanol–water partition coefficient (Wildman–Crippen LogP) is 2.39. The molecule has 0 bridgehead atoms. The molecule has 1 atom stereocenters. The van der Waals surface area contributed by atoms with Crippen molar-refractivity contribution in [3.05, 3.63) is 23.7 Å². The Labute approximate surface area is 116 Å². The maximum absolute atomic E-state index is 5.80. The lowest BCUT2D eigenvalue weighted by Gasteiger charge is -2.26. The Hall–Kier alpha value is -0.840. The van der Waals surface area contributed by atoms with Crippen molar-refractivity contribution in [3.8, 4) is 0 Å². The van der Waals surface area contributed by atoms with E-state index < -0.39 is 0 Å². The van der Waals surface area contributed by atoms with Crippen LogP contribution in [0.5, 0.6) is 0 Å². The zero-order valence-corrected chi connectivity index (χ0v) is 12.2. The molecular formula is C15H26N2O2. The van der Waals surface area contributed by atoms with Crippen LogP contribution in [0.1, 0.15) is 37.7 Å². The van der Waals surface area contributed by atoms with Crippen LogP contribution in [-0.4, -0.2) is 37.7 Å². The van der Waals surface area contributed by atoms with E-state index in [1.807, 2.05) is 0 Å². The molecule has 1 aromatic rings. The Kier molecular flexibility index (Phi) is 5.89. The molecule has 2 heterocycles. The van der Waals surface area contributed by atoms with E-state index in [0.29, 0.717) is 6.10 Å². The van der Waals surface area contributed by atoms with Gasteiger partial charge in [-0.05, 0) is 45.0 Å². The summed E-state index contributed by atoms with van der Waals surface area (Å²) in [6.45, 7) is 6.64. The fourth-order valence-corrected chi connectivity index (χ4v) is 2.48. The third-order valence-electron chi connectivity index (χ3n) is 3.48. The first-order chi connectivity index (χ1) is 9.28. The first-order valence-electron chi connectivity index (χ1n) is 7.36. The molecule has 0 aliphatic carbocycles. The Morgan fingerprint density at radius 2 is 2.16 bits per heavy atom. The number of hydrogen-bond acceptors (Lipinski definition) is 4. The number of ether oxygens (including phenoxy) is 1. The van der Waals surface area contributed by atoms with Crippen molar-refractivity contribution in [2.45, 2.75) is 45.4 Å². The molecule has 0 spiro atoms. The van der Waals surface area contributed by atoms with Crippen molar-refractivity contribution < 1.29 is 9.15 Å². The molecule has 1 aromatic heterocycles. The van der Waals surface area contributed by atoms with Crippen molar-refractivity contribution in [2.75, 3.05) is 26.7 Å². The van der Waals surface area contributed by atoms with Gasteiger partial charge in [-0.15, -0.1) is 0 Å². The summed E-state index contributed by atoms with van der Waals surface area (Å²) in [4.78, 5) is 2.28. The van der Waals surface area contributed by atoms with Crippen LogP contribution in [0.3, 0.4) is 0 Å². The molecule has 0 saturated carbocycles. The second kappa shape index (κ2) is 7.68. The second-order valence-electron chi connectivity index (χ2n) is 5.33. The summed E-state index contributed by atoms with van der Waals surface area (Å²) in [5.74, 6) is 2.05. The van der Waals surface area contributed by atoms with Gasteiger partial charge in [-0.3, -0.25) is 4.90 Å². The number of furan rings is 1. The third kappa shape index (κ3) is 4.97. The zero-order chi connectivity index (χ0) is 13.5. The Morgan fingerprint density at radius 1 is 1.32 bits per heavy atom. The summed E-state index contributed by atoms with van der Waals surface area (Å²) in [5, 5.41) is 3.27. The molecule has 0 amide bonds. The molecule has 2 rings (SSSR count). The predicted molar refractivity (Wildman–Crippen MR) is 76.0 cm³/mol. The number of hydrogen-bond donors (Lipinski definition) is 1. The van der Waals surface area contributed by atoms with Gasteiger partial charge in [0.25, 0.3) is 0 Å². The van der Waals surface area contributed by atoms with Gasteiger partial charge in [0.15, 0.2) is 0 Å². The van der Waals surface area contributed by atoms with Crippen LogP contribution in [0, 0.1) is 0 Å². The lowest BCUT2D eigenvalue weighted by atomic mass is 10.1. The third-order valence-corrected chi connectivity index (χ3v) is 3.48. The molecule has 108 valence electrons. The molecule has 0 radical (unpaired) electrons. The average molecular weight is 266 g/mol. The molecule has 0 aromatic carbocycles. The van der Waals surface area contributed by atoms with Crippen molar-refractivity contribution in [1.82, 2.24) is 10.2 Å². The van der Waals surface area contributed by atoms with E-state index in [0.717, 1.165) is 44.3 Å². The van der Waals surface area contributed by atoms with Gasteiger partial charge >= 0.3 is 0 Å². The van der Waals surface area contributed by atoms with E-state index >= 15 is 0 Å². The van der Waals surface area contributed by atoms with Crippen LogP contribution in [0.25, 0.3) is 0 Å². The van der Waals surface area contributed by atoms with Crippen molar-refractivity contribution >= 4 is 0 Å². The van der Waals surface area contributed by atoms with E-state index in [1.54, 1.807) is 0 Å². The molecule has 1 aliphatic rings. The second-order valence-corrected chi connectivity index (χ2v) is 5.33. The maximum atomic E-state index is 5.80. The summed E-state index contributed by atoms with van der Waals surface area (Å²) >= 11 is 0. The minimum absolute atomic E-state index is 0.398. The highest BCUT2D eigenvalue weighted by Gasteiger charge is 2.16. The first kappa shape index (κ1) is 14.6. The topological polar surface area (TPSA) is 37.6 Å². The smallest absolute Gasteiger partial charge is 0.118 e. The van der Waals surface area contributed by atoms with Gasteiger partial charge in [0.05, 0.1) is 19.2 Å². The molecule has 1 aliphatic heterocycles. The molecule has 1 unspecified atom stereocenters. The lowest BCUT2D eigenvalue weighted by Crippen LogP contribution is -2.32. The van der Waals surface area contributed by atoms with Crippen LogP contribution in [0.2, 0.25) is 0 Å². The summed E-state index contributed by atoms with van der Waals surface area (Å²) in [7, 11) is 2.13. The highest BCUT2D eigenvalue weighted by molar-refractivity contribution is 5.07. The number of rotatable bonds is 7. The van der Waals surface area contributed by atoms with E-state index in [4.69, 9.17) is 9.15 Å². The fraction of sp³-hybridized carbons (Fsp3) is 0.733. The molecule has 4 nitrogen and oxygen atoms in total.